The Morgan fingerprint density at radius 2 is 2.22 bits per heavy atom. The highest BCUT2D eigenvalue weighted by molar-refractivity contribution is 5.80. The molecule has 0 aromatic carbocycles. The SMILES string of the molecule is CC(C)C1CCN(CC2CCC(C(=O)NN)O2)C1. The molecule has 2 rings (SSSR count). The van der Waals surface area contributed by atoms with Crippen LogP contribution in [-0.4, -0.2) is 42.6 Å². The Morgan fingerprint density at radius 3 is 2.83 bits per heavy atom. The van der Waals surface area contributed by atoms with E-state index in [0.29, 0.717) is 0 Å². The number of hydrogen-bond acceptors (Lipinski definition) is 4. The largest absolute Gasteiger partial charge is 0.364 e. The van der Waals surface area contributed by atoms with Gasteiger partial charge in [0.05, 0.1) is 6.10 Å². The highest BCUT2D eigenvalue weighted by Gasteiger charge is 2.33. The molecule has 0 radical (unpaired) electrons. The molecule has 3 N–H and O–H groups in total. The van der Waals surface area contributed by atoms with Gasteiger partial charge < -0.3 is 9.64 Å². The number of rotatable bonds is 4. The second-order valence-electron chi connectivity index (χ2n) is 5.89. The van der Waals surface area contributed by atoms with E-state index in [9.17, 15) is 4.79 Å². The van der Waals surface area contributed by atoms with E-state index in [1.807, 2.05) is 0 Å². The Labute approximate surface area is 109 Å². The minimum absolute atomic E-state index is 0.193. The van der Waals surface area contributed by atoms with Gasteiger partial charge in [0, 0.05) is 13.1 Å². The lowest BCUT2D eigenvalue weighted by Gasteiger charge is -2.21. The minimum Gasteiger partial charge on any atom is -0.364 e. The molecule has 2 aliphatic heterocycles. The van der Waals surface area contributed by atoms with Gasteiger partial charge in [0.1, 0.15) is 6.10 Å². The maximum absolute atomic E-state index is 11.4. The van der Waals surface area contributed by atoms with Gasteiger partial charge >= 0.3 is 0 Å². The van der Waals surface area contributed by atoms with Crippen molar-refractivity contribution in [3.63, 3.8) is 0 Å². The molecular weight excluding hydrogens is 230 g/mol. The van der Waals surface area contributed by atoms with Crippen LogP contribution < -0.4 is 11.3 Å². The predicted molar refractivity (Wildman–Crippen MR) is 69.6 cm³/mol. The molecule has 0 aromatic heterocycles. The number of hydrazine groups is 1. The van der Waals surface area contributed by atoms with Gasteiger partial charge in [-0.2, -0.15) is 0 Å². The molecule has 2 heterocycles. The molecule has 104 valence electrons. The number of nitrogens with two attached hydrogens (primary N) is 1. The van der Waals surface area contributed by atoms with Gasteiger partial charge in [-0.25, -0.2) is 5.84 Å². The van der Waals surface area contributed by atoms with E-state index in [1.165, 1.54) is 13.0 Å². The zero-order chi connectivity index (χ0) is 13.1. The third-order valence-corrected chi connectivity index (χ3v) is 4.26. The van der Waals surface area contributed by atoms with Crippen LogP contribution in [-0.2, 0) is 9.53 Å². The predicted octanol–water partition coefficient (Wildman–Crippen LogP) is 0.502. The van der Waals surface area contributed by atoms with E-state index in [-0.39, 0.29) is 18.1 Å². The first-order chi connectivity index (χ1) is 8.60. The fraction of sp³-hybridized carbons (Fsp3) is 0.923. The molecule has 3 unspecified atom stereocenters. The van der Waals surface area contributed by atoms with Crippen LogP contribution in [0.4, 0.5) is 0 Å². The van der Waals surface area contributed by atoms with Crippen molar-refractivity contribution in [2.24, 2.45) is 17.7 Å². The first-order valence-corrected chi connectivity index (χ1v) is 6.98. The lowest BCUT2D eigenvalue weighted by molar-refractivity contribution is -0.132. The highest BCUT2D eigenvalue weighted by Crippen LogP contribution is 2.26. The third-order valence-electron chi connectivity index (χ3n) is 4.26. The summed E-state index contributed by atoms with van der Waals surface area (Å²) in [4.78, 5) is 13.8. The standard InChI is InChI=1S/C13H25N3O2/c1-9(2)10-5-6-16(7-10)8-11-3-4-12(18-11)13(17)15-14/h9-12H,3-8,14H2,1-2H3,(H,15,17). The Bertz CT molecular complexity index is 296. The van der Waals surface area contributed by atoms with Crippen LogP contribution in [0, 0.1) is 11.8 Å². The van der Waals surface area contributed by atoms with Crippen molar-refractivity contribution >= 4 is 5.91 Å². The van der Waals surface area contributed by atoms with Crippen LogP contribution in [0.5, 0.6) is 0 Å². The van der Waals surface area contributed by atoms with Crippen LogP contribution in [0.25, 0.3) is 0 Å². The van der Waals surface area contributed by atoms with E-state index in [4.69, 9.17) is 10.6 Å². The topological polar surface area (TPSA) is 67.6 Å². The average molecular weight is 255 g/mol. The Hall–Kier alpha value is -0.650. The maximum Gasteiger partial charge on any atom is 0.263 e. The van der Waals surface area contributed by atoms with Crippen molar-refractivity contribution in [1.82, 2.24) is 10.3 Å². The second-order valence-corrected chi connectivity index (χ2v) is 5.89. The number of ether oxygens (including phenoxy) is 1. The number of nitrogens with zero attached hydrogens (tertiary/aromatic N) is 1. The summed E-state index contributed by atoms with van der Waals surface area (Å²) in [7, 11) is 0. The second kappa shape index (κ2) is 5.99. The Kier molecular flexibility index (Phi) is 4.59. The molecule has 2 saturated heterocycles. The van der Waals surface area contributed by atoms with Crippen LogP contribution in [0.2, 0.25) is 0 Å². The van der Waals surface area contributed by atoms with E-state index >= 15 is 0 Å². The van der Waals surface area contributed by atoms with Gasteiger partial charge in [-0.05, 0) is 37.6 Å². The summed E-state index contributed by atoms with van der Waals surface area (Å²) in [5.74, 6) is 6.50. The van der Waals surface area contributed by atoms with E-state index in [1.54, 1.807) is 0 Å². The summed E-state index contributed by atoms with van der Waals surface area (Å²) < 4.78 is 5.74. The highest BCUT2D eigenvalue weighted by atomic mass is 16.5. The quantitative estimate of drug-likeness (QED) is 0.436. The summed E-state index contributed by atoms with van der Waals surface area (Å²) >= 11 is 0. The molecule has 18 heavy (non-hydrogen) atoms. The van der Waals surface area contributed by atoms with E-state index in [0.717, 1.165) is 37.8 Å². The summed E-state index contributed by atoms with van der Waals surface area (Å²) in [5.41, 5.74) is 2.17. The molecule has 0 saturated carbocycles. The number of carbonyl (C=O) groups is 1. The molecule has 5 nitrogen and oxygen atoms in total. The Balaban J connectivity index is 1.74. The first kappa shape index (κ1) is 13.8. The molecule has 3 atom stereocenters. The number of hydrogen-bond donors (Lipinski definition) is 2. The number of amides is 1. The Morgan fingerprint density at radius 1 is 1.44 bits per heavy atom. The molecular formula is C13H25N3O2. The average Bonchev–Trinajstić information content (AvgIpc) is 2.98. The molecule has 0 aromatic rings. The van der Waals surface area contributed by atoms with Gasteiger partial charge in [-0.15, -0.1) is 0 Å². The molecule has 2 fully saturated rings. The lowest BCUT2D eigenvalue weighted by atomic mass is 9.95. The number of carbonyl (C=O) groups excluding carboxylic acids is 1. The van der Waals surface area contributed by atoms with Gasteiger partial charge in [0.25, 0.3) is 5.91 Å². The van der Waals surface area contributed by atoms with Crippen molar-refractivity contribution in [2.75, 3.05) is 19.6 Å². The van der Waals surface area contributed by atoms with Gasteiger partial charge in [0.15, 0.2) is 0 Å². The molecule has 0 spiro atoms. The van der Waals surface area contributed by atoms with Crippen LogP contribution in [0.3, 0.4) is 0 Å². The van der Waals surface area contributed by atoms with E-state index in [2.05, 4.69) is 24.2 Å². The fourth-order valence-electron chi connectivity index (χ4n) is 2.99. The molecule has 0 aliphatic carbocycles. The fourth-order valence-corrected chi connectivity index (χ4v) is 2.99. The minimum atomic E-state index is -0.344. The van der Waals surface area contributed by atoms with Crippen LogP contribution >= 0.6 is 0 Å². The van der Waals surface area contributed by atoms with Crippen molar-refractivity contribution in [2.45, 2.75) is 45.3 Å². The first-order valence-electron chi connectivity index (χ1n) is 6.98. The summed E-state index contributed by atoms with van der Waals surface area (Å²) in [6.45, 7) is 7.88. The van der Waals surface area contributed by atoms with Crippen molar-refractivity contribution in [1.29, 1.82) is 0 Å². The zero-order valence-corrected chi connectivity index (χ0v) is 11.4. The summed E-state index contributed by atoms with van der Waals surface area (Å²) in [5, 5.41) is 0. The number of nitrogens with one attached hydrogen (secondary N) is 1. The monoisotopic (exact) mass is 255 g/mol. The van der Waals surface area contributed by atoms with Gasteiger partial charge in [-0.3, -0.25) is 10.2 Å². The van der Waals surface area contributed by atoms with Crippen LogP contribution in [0.1, 0.15) is 33.1 Å². The molecule has 2 aliphatic rings. The lowest BCUT2D eigenvalue weighted by Crippen LogP contribution is -2.40. The summed E-state index contributed by atoms with van der Waals surface area (Å²) in [6.07, 6.45) is 2.88. The number of likely N-dealkylation sites (tertiary alicyclic amines) is 1. The molecule has 1 amide bonds. The van der Waals surface area contributed by atoms with Crippen molar-refractivity contribution in [3.05, 3.63) is 0 Å². The third kappa shape index (κ3) is 3.22. The maximum atomic E-state index is 11.4. The molecule has 5 heteroatoms. The van der Waals surface area contributed by atoms with Gasteiger partial charge in [0.2, 0.25) is 0 Å². The normalized spacial score (nSPS) is 33.2. The molecule has 0 bridgehead atoms. The summed E-state index contributed by atoms with van der Waals surface area (Å²) in [6, 6.07) is 0. The van der Waals surface area contributed by atoms with Crippen molar-refractivity contribution < 1.29 is 9.53 Å². The van der Waals surface area contributed by atoms with Crippen molar-refractivity contribution in [3.8, 4) is 0 Å². The smallest absolute Gasteiger partial charge is 0.263 e. The van der Waals surface area contributed by atoms with Crippen LogP contribution in [0.15, 0.2) is 0 Å². The van der Waals surface area contributed by atoms with E-state index < -0.39 is 0 Å². The zero-order valence-electron chi connectivity index (χ0n) is 11.4. The van der Waals surface area contributed by atoms with Gasteiger partial charge in [-0.1, -0.05) is 13.8 Å².